The third kappa shape index (κ3) is 2.74. The lowest BCUT2D eigenvalue weighted by Crippen LogP contribution is -2.02. The zero-order valence-electron chi connectivity index (χ0n) is 15.1. The first-order valence-electron chi connectivity index (χ1n) is 8.88. The monoisotopic (exact) mass is 367 g/mol. The summed E-state index contributed by atoms with van der Waals surface area (Å²) >= 11 is 6.57. The molecule has 3 heterocycles. The van der Waals surface area contributed by atoms with Crippen LogP contribution in [0.3, 0.4) is 0 Å². The van der Waals surface area contributed by atoms with Crippen molar-refractivity contribution >= 4 is 28.0 Å². The predicted molar refractivity (Wildman–Crippen MR) is 106 cm³/mol. The fourth-order valence-corrected chi connectivity index (χ4v) is 4.02. The summed E-state index contributed by atoms with van der Waals surface area (Å²) in [6.45, 7) is 6.55. The van der Waals surface area contributed by atoms with Crippen molar-refractivity contribution < 1.29 is 5.11 Å². The first-order chi connectivity index (χ1) is 12.5. The quantitative estimate of drug-likeness (QED) is 0.490. The largest absolute Gasteiger partial charge is 0.506 e. The molecule has 0 bridgehead atoms. The second-order valence-corrected chi connectivity index (χ2v) is 7.70. The number of halogens is 1. The fourth-order valence-electron chi connectivity index (χ4n) is 3.79. The molecule has 0 aliphatic heterocycles. The standard InChI is InChI=1S/C21H22ClN3O/c1-12(2)18-8-24-21-15(18)4-5-19(22)17(21)6-13(3)16-7-14(26)10-25-11-23-9-20(16)25/h4-5,7-13,24,26H,6H2,1-3H3. The van der Waals surface area contributed by atoms with Crippen LogP contribution in [0.5, 0.6) is 5.75 Å². The number of aromatic hydroxyl groups is 1. The molecule has 1 aromatic carbocycles. The highest BCUT2D eigenvalue weighted by Gasteiger charge is 2.18. The maximum atomic E-state index is 10.1. The third-order valence-electron chi connectivity index (χ3n) is 5.14. The number of rotatable bonds is 4. The molecule has 0 aliphatic carbocycles. The first kappa shape index (κ1) is 17.0. The van der Waals surface area contributed by atoms with Crippen molar-refractivity contribution in [3.8, 4) is 5.75 Å². The number of aromatic amines is 1. The summed E-state index contributed by atoms with van der Waals surface area (Å²) in [7, 11) is 0. The molecule has 4 nitrogen and oxygen atoms in total. The lowest BCUT2D eigenvalue weighted by atomic mass is 9.91. The molecule has 0 amide bonds. The van der Waals surface area contributed by atoms with Gasteiger partial charge in [-0.05, 0) is 47.1 Å². The van der Waals surface area contributed by atoms with Gasteiger partial charge in [-0.25, -0.2) is 4.98 Å². The highest BCUT2D eigenvalue weighted by molar-refractivity contribution is 6.32. The van der Waals surface area contributed by atoms with Gasteiger partial charge in [0, 0.05) is 16.6 Å². The van der Waals surface area contributed by atoms with Crippen molar-refractivity contribution in [1.82, 2.24) is 14.4 Å². The summed E-state index contributed by atoms with van der Waals surface area (Å²) in [6, 6.07) is 5.91. The number of aromatic nitrogens is 3. The Hall–Kier alpha value is -2.46. The zero-order valence-corrected chi connectivity index (χ0v) is 15.9. The molecular formula is C21H22ClN3O. The van der Waals surface area contributed by atoms with Gasteiger partial charge in [-0.3, -0.25) is 0 Å². The second-order valence-electron chi connectivity index (χ2n) is 7.29. The summed E-state index contributed by atoms with van der Waals surface area (Å²) in [4.78, 5) is 7.63. The molecule has 1 unspecified atom stereocenters. The van der Waals surface area contributed by atoms with Crippen molar-refractivity contribution in [2.75, 3.05) is 0 Å². The molecule has 0 radical (unpaired) electrons. The minimum atomic E-state index is 0.176. The third-order valence-corrected chi connectivity index (χ3v) is 5.49. The Kier molecular flexibility index (Phi) is 4.16. The van der Waals surface area contributed by atoms with E-state index in [0.717, 1.165) is 33.6 Å². The minimum Gasteiger partial charge on any atom is -0.506 e. The Labute approximate surface area is 157 Å². The van der Waals surface area contributed by atoms with Crippen LogP contribution in [0.2, 0.25) is 5.02 Å². The number of pyridine rings is 1. The van der Waals surface area contributed by atoms with Crippen molar-refractivity contribution in [1.29, 1.82) is 0 Å². The maximum Gasteiger partial charge on any atom is 0.132 e. The Morgan fingerprint density at radius 1 is 1.23 bits per heavy atom. The number of nitrogens with one attached hydrogen (secondary N) is 1. The highest BCUT2D eigenvalue weighted by atomic mass is 35.5. The van der Waals surface area contributed by atoms with E-state index in [4.69, 9.17) is 11.6 Å². The maximum absolute atomic E-state index is 10.1. The number of H-pyrrole nitrogens is 1. The molecule has 0 aliphatic rings. The predicted octanol–water partition coefficient (Wildman–Crippen LogP) is 5.64. The fraction of sp³-hybridized carbons (Fsp3) is 0.286. The van der Waals surface area contributed by atoms with Crippen LogP contribution in [0.15, 0.2) is 43.1 Å². The first-order valence-corrected chi connectivity index (χ1v) is 9.26. The van der Waals surface area contributed by atoms with Crippen molar-refractivity contribution in [2.24, 2.45) is 0 Å². The van der Waals surface area contributed by atoms with E-state index in [1.807, 2.05) is 22.7 Å². The van der Waals surface area contributed by atoms with Crippen LogP contribution in [-0.4, -0.2) is 19.5 Å². The van der Waals surface area contributed by atoms with E-state index in [9.17, 15) is 5.11 Å². The molecule has 134 valence electrons. The Balaban J connectivity index is 1.79. The molecule has 5 heteroatoms. The SMILES string of the molecule is CC(C)c1c[nH]c2c(CC(C)c3cc(O)cn4cncc34)c(Cl)ccc12. The van der Waals surface area contributed by atoms with Crippen molar-refractivity contribution in [2.45, 2.75) is 39.0 Å². The van der Waals surface area contributed by atoms with E-state index >= 15 is 0 Å². The smallest absolute Gasteiger partial charge is 0.132 e. The Morgan fingerprint density at radius 2 is 2.04 bits per heavy atom. The van der Waals surface area contributed by atoms with Crippen LogP contribution in [0.4, 0.5) is 0 Å². The van der Waals surface area contributed by atoms with Crippen LogP contribution in [0, 0.1) is 0 Å². The molecule has 3 aromatic heterocycles. The van der Waals surface area contributed by atoms with Crippen LogP contribution < -0.4 is 0 Å². The molecule has 0 fully saturated rings. The Morgan fingerprint density at radius 3 is 2.81 bits per heavy atom. The minimum absolute atomic E-state index is 0.176. The van der Waals surface area contributed by atoms with Crippen LogP contribution in [-0.2, 0) is 6.42 Å². The van der Waals surface area contributed by atoms with E-state index in [0.29, 0.717) is 5.92 Å². The molecular weight excluding hydrogens is 346 g/mol. The number of nitrogens with zero attached hydrogens (tertiary/aromatic N) is 2. The van der Waals surface area contributed by atoms with Gasteiger partial charge in [-0.1, -0.05) is 38.4 Å². The molecule has 4 aromatic rings. The molecule has 26 heavy (non-hydrogen) atoms. The van der Waals surface area contributed by atoms with Gasteiger partial charge in [-0.15, -0.1) is 0 Å². The average molecular weight is 368 g/mol. The molecule has 0 saturated heterocycles. The molecule has 0 saturated carbocycles. The van der Waals surface area contributed by atoms with E-state index in [-0.39, 0.29) is 11.7 Å². The van der Waals surface area contributed by atoms with Gasteiger partial charge in [0.05, 0.1) is 29.8 Å². The topological polar surface area (TPSA) is 53.3 Å². The number of hydrogen-bond donors (Lipinski definition) is 2. The number of imidazole rings is 1. The van der Waals surface area contributed by atoms with Gasteiger partial charge in [0.1, 0.15) is 5.75 Å². The van der Waals surface area contributed by atoms with Gasteiger partial charge in [0.15, 0.2) is 0 Å². The van der Waals surface area contributed by atoms with Gasteiger partial charge < -0.3 is 14.5 Å². The second kappa shape index (κ2) is 6.36. The average Bonchev–Trinajstić information content (AvgIpc) is 3.22. The Bertz CT molecular complexity index is 1090. The van der Waals surface area contributed by atoms with Crippen LogP contribution in [0.1, 0.15) is 49.3 Å². The van der Waals surface area contributed by atoms with Gasteiger partial charge in [0.25, 0.3) is 0 Å². The molecule has 2 N–H and O–H groups in total. The summed E-state index contributed by atoms with van der Waals surface area (Å²) < 4.78 is 1.86. The lowest BCUT2D eigenvalue weighted by Gasteiger charge is -2.16. The van der Waals surface area contributed by atoms with Gasteiger partial charge in [-0.2, -0.15) is 0 Å². The normalized spacial score (nSPS) is 13.1. The lowest BCUT2D eigenvalue weighted by molar-refractivity contribution is 0.470. The van der Waals surface area contributed by atoms with Gasteiger partial charge >= 0.3 is 0 Å². The van der Waals surface area contributed by atoms with Crippen LogP contribution >= 0.6 is 11.6 Å². The van der Waals surface area contributed by atoms with Crippen molar-refractivity contribution in [3.05, 3.63) is 64.8 Å². The summed E-state index contributed by atoms with van der Waals surface area (Å²) in [5.74, 6) is 0.867. The van der Waals surface area contributed by atoms with E-state index in [2.05, 4.69) is 43.0 Å². The highest BCUT2D eigenvalue weighted by Crippen LogP contribution is 2.35. The number of hydrogen-bond acceptors (Lipinski definition) is 2. The zero-order chi connectivity index (χ0) is 18.4. The summed E-state index contributed by atoms with van der Waals surface area (Å²) in [5.41, 5.74) is 5.60. The van der Waals surface area contributed by atoms with Gasteiger partial charge in [0.2, 0.25) is 0 Å². The number of fused-ring (bicyclic) bond motifs is 2. The van der Waals surface area contributed by atoms with E-state index in [1.54, 1.807) is 12.5 Å². The number of benzene rings is 1. The van der Waals surface area contributed by atoms with Crippen LogP contribution in [0.25, 0.3) is 16.4 Å². The van der Waals surface area contributed by atoms with E-state index < -0.39 is 0 Å². The molecule has 0 spiro atoms. The molecule has 4 rings (SSSR count). The molecule has 1 atom stereocenters. The summed E-state index contributed by atoms with van der Waals surface area (Å²) in [5, 5.41) is 12.1. The summed E-state index contributed by atoms with van der Waals surface area (Å²) in [6.07, 6.45) is 8.08. The van der Waals surface area contributed by atoms with E-state index in [1.165, 1.54) is 10.9 Å². The van der Waals surface area contributed by atoms with Crippen molar-refractivity contribution in [3.63, 3.8) is 0 Å².